The molecule has 1 nitrogen and oxygen atoms in total. The number of hydrogen-bond donors (Lipinski definition) is 1. The summed E-state index contributed by atoms with van der Waals surface area (Å²) in [7, 11) is 0. The fraction of sp³-hybridized carbons (Fsp3) is 0.571. The van der Waals surface area contributed by atoms with Crippen molar-refractivity contribution in [3.05, 3.63) is 29.6 Å². The van der Waals surface area contributed by atoms with E-state index in [1.54, 1.807) is 17.8 Å². The topological polar surface area (TPSA) is 12.0 Å². The highest BCUT2D eigenvalue weighted by Gasteiger charge is 2.06. The average molecular weight is 255 g/mol. The predicted octanol–water partition coefficient (Wildman–Crippen LogP) is 4.07. The lowest BCUT2D eigenvalue weighted by atomic mass is 10.2. The maximum Gasteiger partial charge on any atom is 0.137 e. The standard InChI is InChI=1S/C14H22FNS/c1-10(2)8-16-9-12-5-6-14(13(15)7-12)17-11(3)4/h5-7,10-11,16H,8-9H2,1-4H3. The molecule has 96 valence electrons. The van der Waals surface area contributed by atoms with Gasteiger partial charge in [0.2, 0.25) is 0 Å². The molecule has 0 aliphatic heterocycles. The van der Waals surface area contributed by atoms with Crippen LogP contribution in [0, 0.1) is 11.7 Å². The fourth-order valence-corrected chi connectivity index (χ4v) is 2.33. The van der Waals surface area contributed by atoms with Crippen molar-refractivity contribution in [1.29, 1.82) is 0 Å². The molecule has 0 unspecified atom stereocenters. The Morgan fingerprint density at radius 2 is 1.94 bits per heavy atom. The molecular weight excluding hydrogens is 233 g/mol. The summed E-state index contributed by atoms with van der Waals surface area (Å²) in [5.74, 6) is 0.517. The van der Waals surface area contributed by atoms with Crippen molar-refractivity contribution in [2.24, 2.45) is 5.92 Å². The largest absolute Gasteiger partial charge is 0.312 e. The van der Waals surface area contributed by atoms with E-state index in [-0.39, 0.29) is 5.82 Å². The van der Waals surface area contributed by atoms with Crippen LogP contribution in [0.5, 0.6) is 0 Å². The summed E-state index contributed by atoms with van der Waals surface area (Å²) in [6, 6.07) is 5.52. The van der Waals surface area contributed by atoms with Crippen molar-refractivity contribution >= 4 is 11.8 Å². The van der Waals surface area contributed by atoms with Gasteiger partial charge < -0.3 is 5.32 Å². The van der Waals surface area contributed by atoms with Gasteiger partial charge in [0.25, 0.3) is 0 Å². The Balaban J connectivity index is 2.56. The third-order valence-corrected chi connectivity index (χ3v) is 3.30. The van der Waals surface area contributed by atoms with Gasteiger partial charge in [-0.05, 0) is 30.2 Å². The SMILES string of the molecule is CC(C)CNCc1ccc(SC(C)C)c(F)c1. The Kier molecular flexibility index (Phi) is 6.00. The van der Waals surface area contributed by atoms with Crippen molar-refractivity contribution in [3.8, 4) is 0 Å². The third-order valence-electron chi connectivity index (χ3n) is 2.24. The van der Waals surface area contributed by atoms with Crippen LogP contribution in [0.1, 0.15) is 33.3 Å². The highest BCUT2D eigenvalue weighted by atomic mass is 32.2. The van der Waals surface area contributed by atoms with E-state index in [1.165, 1.54) is 0 Å². The molecule has 17 heavy (non-hydrogen) atoms. The number of rotatable bonds is 6. The zero-order chi connectivity index (χ0) is 12.8. The third kappa shape index (κ3) is 5.55. The highest BCUT2D eigenvalue weighted by molar-refractivity contribution is 7.99. The molecule has 0 saturated carbocycles. The van der Waals surface area contributed by atoms with Gasteiger partial charge in [0.15, 0.2) is 0 Å². The lowest BCUT2D eigenvalue weighted by molar-refractivity contribution is 0.548. The van der Waals surface area contributed by atoms with Crippen molar-refractivity contribution in [2.75, 3.05) is 6.54 Å². The van der Waals surface area contributed by atoms with Crippen LogP contribution in [0.3, 0.4) is 0 Å². The van der Waals surface area contributed by atoms with Crippen LogP contribution in [0.2, 0.25) is 0 Å². The molecule has 0 radical (unpaired) electrons. The molecule has 0 saturated heterocycles. The van der Waals surface area contributed by atoms with E-state index in [0.717, 1.165) is 23.5 Å². The zero-order valence-corrected chi connectivity index (χ0v) is 11.9. The Bertz CT molecular complexity index is 350. The number of halogens is 1. The van der Waals surface area contributed by atoms with Crippen LogP contribution < -0.4 is 5.32 Å². The van der Waals surface area contributed by atoms with E-state index < -0.39 is 0 Å². The summed E-state index contributed by atoms with van der Waals surface area (Å²) in [6.45, 7) is 10.2. The molecule has 1 rings (SSSR count). The summed E-state index contributed by atoms with van der Waals surface area (Å²) in [4.78, 5) is 0.743. The molecule has 1 N–H and O–H groups in total. The number of thioether (sulfide) groups is 1. The minimum Gasteiger partial charge on any atom is -0.312 e. The summed E-state index contributed by atoms with van der Waals surface area (Å²) in [6.07, 6.45) is 0. The molecule has 1 aromatic rings. The normalized spacial score (nSPS) is 11.5. The first kappa shape index (κ1) is 14.5. The Hall–Kier alpha value is -0.540. The second-order valence-corrected chi connectivity index (χ2v) is 6.57. The smallest absolute Gasteiger partial charge is 0.137 e. The van der Waals surface area contributed by atoms with Gasteiger partial charge in [-0.2, -0.15) is 0 Å². The van der Waals surface area contributed by atoms with E-state index in [4.69, 9.17) is 0 Å². The highest BCUT2D eigenvalue weighted by Crippen LogP contribution is 2.26. The number of nitrogens with one attached hydrogen (secondary N) is 1. The summed E-state index contributed by atoms with van der Waals surface area (Å²) in [5, 5.41) is 3.73. The molecule has 3 heteroatoms. The second kappa shape index (κ2) is 7.02. The van der Waals surface area contributed by atoms with E-state index in [2.05, 4.69) is 33.0 Å². The molecule has 0 spiro atoms. The molecule has 0 amide bonds. The molecule has 0 fully saturated rings. The fourth-order valence-electron chi connectivity index (χ4n) is 1.51. The van der Waals surface area contributed by atoms with Crippen LogP contribution in [0.25, 0.3) is 0 Å². The van der Waals surface area contributed by atoms with E-state index >= 15 is 0 Å². The van der Waals surface area contributed by atoms with Gasteiger partial charge in [-0.3, -0.25) is 0 Å². The maximum absolute atomic E-state index is 13.7. The van der Waals surface area contributed by atoms with Crippen LogP contribution >= 0.6 is 11.8 Å². The van der Waals surface area contributed by atoms with E-state index in [0.29, 0.717) is 11.2 Å². The van der Waals surface area contributed by atoms with Crippen molar-refractivity contribution in [2.45, 2.75) is 44.4 Å². The minimum absolute atomic E-state index is 0.104. The van der Waals surface area contributed by atoms with Gasteiger partial charge in [-0.1, -0.05) is 33.8 Å². The first-order chi connectivity index (χ1) is 7.99. The van der Waals surface area contributed by atoms with Crippen molar-refractivity contribution < 1.29 is 4.39 Å². The molecular formula is C14H22FNS. The predicted molar refractivity (Wildman–Crippen MR) is 73.9 cm³/mol. The quantitative estimate of drug-likeness (QED) is 0.769. The lowest BCUT2D eigenvalue weighted by Gasteiger charge is -2.10. The first-order valence-electron chi connectivity index (χ1n) is 6.15. The van der Waals surface area contributed by atoms with Gasteiger partial charge in [0, 0.05) is 16.7 Å². The summed E-state index contributed by atoms with van der Waals surface area (Å²) in [5.41, 5.74) is 1.01. The average Bonchev–Trinajstić information content (AvgIpc) is 2.21. The molecule has 0 bridgehead atoms. The van der Waals surface area contributed by atoms with E-state index in [1.807, 2.05) is 12.1 Å². The Labute approximate surface area is 108 Å². The van der Waals surface area contributed by atoms with Crippen molar-refractivity contribution in [1.82, 2.24) is 5.32 Å². The van der Waals surface area contributed by atoms with Gasteiger partial charge in [0.05, 0.1) is 0 Å². The van der Waals surface area contributed by atoms with Gasteiger partial charge >= 0.3 is 0 Å². The Morgan fingerprint density at radius 3 is 2.47 bits per heavy atom. The molecule has 0 aromatic heterocycles. The molecule has 0 heterocycles. The molecule has 0 aliphatic carbocycles. The van der Waals surface area contributed by atoms with Crippen LogP contribution in [0.4, 0.5) is 4.39 Å². The zero-order valence-electron chi connectivity index (χ0n) is 11.1. The van der Waals surface area contributed by atoms with Gasteiger partial charge in [-0.15, -0.1) is 11.8 Å². The number of benzene rings is 1. The summed E-state index contributed by atoms with van der Waals surface area (Å²) < 4.78 is 13.7. The minimum atomic E-state index is -0.104. The van der Waals surface area contributed by atoms with Gasteiger partial charge in [-0.25, -0.2) is 4.39 Å². The Morgan fingerprint density at radius 1 is 1.24 bits per heavy atom. The molecule has 0 atom stereocenters. The monoisotopic (exact) mass is 255 g/mol. The van der Waals surface area contributed by atoms with Crippen molar-refractivity contribution in [3.63, 3.8) is 0 Å². The number of hydrogen-bond acceptors (Lipinski definition) is 2. The first-order valence-corrected chi connectivity index (χ1v) is 7.02. The lowest BCUT2D eigenvalue weighted by Crippen LogP contribution is -2.19. The van der Waals surface area contributed by atoms with Crippen LogP contribution in [0.15, 0.2) is 23.1 Å². The molecule has 1 aromatic carbocycles. The maximum atomic E-state index is 13.7. The second-order valence-electron chi connectivity index (χ2n) is 4.96. The van der Waals surface area contributed by atoms with Crippen LogP contribution in [-0.2, 0) is 6.54 Å². The summed E-state index contributed by atoms with van der Waals surface area (Å²) >= 11 is 1.57. The van der Waals surface area contributed by atoms with Crippen LogP contribution in [-0.4, -0.2) is 11.8 Å². The van der Waals surface area contributed by atoms with E-state index in [9.17, 15) is 4.39 Å². The molecule has 0 aliphatic rings. The van der Waals surface area contributed by atoms with Gasteiger partial charge in [0.1, 0.15) is 5.82 Å².